The second-order valence-corrected chi connectivity index (χ2v) is 4.06. The van der Waals surface area contributed by atoms with E-state index in [4.69, 9.17) is 9.84 Å². The minimum atomic E-state index is -1.04. The van der Waals surface area contributed by atoms with Crippen LogP contribution in [0.4, 0.5) is 0 Å². The molecule has 1 rings (SSSR count). The Labute approximate surface area is 106 Å². The summed E-state index contributed by atoms with van der Waals surface area (Å²) in [6.45, 7) is 2.90. The van der Waals surface area contributed by atoms with Crippen molar-refractivity contribution in [2.24, 2.45) is 0 Å². The van der Waals surface area contributed by atoms with E-state index in [1.807, 2.05) is 0 Å². The Kier molecular flexibility index (Phi) is 5.32. The molecule has 1 amide bonds. The maximum Gasteiger partial charge on any atom is 0.331 e. The van der Waals surface area contributed by atoms with Gasteiger partial charge in [-0.05, 0) is 26.0 Å². The van der Waals surface area contributed by atoms with E-state index in [0.29, 0.717) is 5.56 Å². The highest BCUT2D eigenvalue weighted by molar-refractivity contribution is 5.96. The number of hydrogen-bond acceptors (Lipinski definition) is 4. The zero-order valence-electron chi connectivity index (χ0n) is 10.4. The van der Waals surface area contributed by atoms with Gasteiger partial charge in [0.1, 0.15) is 0 Å². The number of aliphatic hydroxyl groups is 1. The third-order valence-corrected chi connectivity index (χ3v) is 2.16. The standard InChI is InChI=1S/C13H17NO4/c1-9(2)18-13(17)11(8-15)14-12(16)10-6-4-3-5-7-10/h3-7,9,11,15H,8H2,1-2H3,(H,14,16)/t11-/m1/s1. The predicted molar refractivity (Wildman–Crippen MR) is 66.0 cm³/mol. The number of benzene rings is 1. The first-order valence-electron chi connectivity index (χ1n) is 5.72. The van der Waals surface area contributed by atoms with Crippen LogP contribution in [0, 0.1) is 0 Å². The molecule has 0 radical (unpaired) electrons. The van der Waals surface area contributed by atoms with Crippen molar-refractivity contribution in [3.05, 3.63) is 35.9 Å². The summed E-state index contributed by atoms with van der Waals surface area (Å²) in [7, 11) is 0. The van der Waals surface area contributed by atoms with Crippen LogP contribution < -0.4 is 5.32 Å². The normalized spacial score (nSPS) is 12.0. The van der Waals surface area contributed by atoms with Crippen molar-refractivity contribution in [2.75, 3.05) is 6.61 Å². The van der Waals surface area contributed by atoms with Crippen LogP contribution in [-0.4, -0.2) is 35.7 Å². The molecule has 18 heavy (non-hydrogen) atoms. The molecular weight excluding hydrogens is 234 g/mol. The van der Waals surface area contributed by atoms with Crippen molar-refractivity contribution >= 4 is 11.9 Å². The molecule has 0 aliphatic carbocycles. The zero-order chi connectivity index (χ0) is 13.5. The SMILES string of the molecule is CC(C)OC(=O)[C@@H](CO)NC(=O)c1ccccc1. The molecule has 0 aliphatic heterocycles. The number of ether oxygens (including phenoxy) is 1. The van der Waals surface area contributed by atoms with Crippen LogP contribution in [0.25, 0.3) is 0 Å². The Hall–Kier alpha value is -1.88. The summed E-state index contributed by atoms with van der Waals surface area (Å²) >= 11 is 0. The molecule has 0 saturated carbocycles. The first-order chi connectivity index (χ1) is 8.54. The molecule has 0 unspecified atom stereocenters. The first kappa shape index (κ1) is 14.2. The van der Waals surface area contributed by atoms with Crippen LogP contribution >= 0.6 is 0 Å². The van der Waals surface area contributed by atoms with Gasteiger partial charge in [-0.2, -0.15) is 0 Å². The van der Waals surface area contributed by atoms with Gasteiger partial charge >= 0.3 is 5.97 Å². The smallest absolute Gasteiger partial charge is 0.331 e. The van der Waals surface area contributed by atoms with Crippen LogP contribution in [0.15, 0.2) is 30.3 Å². The average Bonchev–Trinajstić information content (AvgIpc) is 2.35. The summed E-state index contributed by atoms with van der Waals surface area (Å²) < 4.78 is 4.93. The fourth-order valence-electron chi connectivity index (χ4n) is 1.32. The third-order valence-electron chi connectivity index (χ3n) is 2.16. The molecule has 1 aromatic carbocycles. The molecule has 1 atom stereocenters. The summed E-state index contributed by atoms with van der Waals surface area (Å²) in [5.74, 6) is -1.06. The van der Waals surface area contributed by atoms with Gasteiger partial charge in [-0.25, -0.2) is 4.79 Å². The molecular formula is C13H17NO4. The second kappa shape index (κ2) is 6.76. The first-order valence-corrected chi connectivity index (χ1v) is 5.72. The van der Waals surface area contributed by atoms with Gasteiger partial charge in [0.15, 0.2) is 6.04 Å². The summed E-state index contributed by atoms with van der Waals surface area (Å²) in [6.07, 6.45) is -0.292. The topological polar surface area (TPSA) is 75.6 Å². The Bertz CT molecular complexity index is 403. The van der Waals surface area contributed by atoms with Crippen LogP contribution in [0.2, 0.25) is 0 Å². The number of rotatable bonds is 5. The van der Waals surface area contributed by atoms with Crippen molar-refractivity contribution in [3.63, 3.8) is 0 Å². The molecule has 2 N–H and O–H groups in total. The van der Waals surface area contributed by atoms with E-state index in [1.165, 1.54) is 0 Å². The summed E-state index contributed by atoms with van der Waals surface area (Å²) in [5, 5.41) is 11.5. The van der Waals surface area contributed by atoms with Gasteiger partial charge in [0.25, 0.3) is 5.91 Å². The van der Waals surface area contributed by atoms with Gasteiger partial charge in [-0.1, -0.05) is 18.2 Å². The lowest BCUT2D eigenvalue weighted by molar-refractivity contribution is -0.150. The number of aliphatic hydroxyl groups excluding tert-OH is 1. The predicted octanol–water partition coefficient (Wildman–Crippen LogP) is 0.729. The van der Waals surface area contributed by atoms with Crippen molar-refractivity contribution in [2.45, 2.75) is 26.0 Å². The third kappa shape index (κ3) is 4.18. The molecule has 0 heterocycles. The van der Waals surface area contributed by atoms with E-state index in [9.17, 15) is 9.59 Å². The number of carbonyl (C=O) groups is 2. The molecule has 1 aromatic rings. The number of nitrogens with one attached hydrogen (secondary N) is 1. The van der Waals surface area contributed by atoms with Gasteiger partial charge in [-0.15, -0.1) is 0 Å². The largest absolute Gasteiger partial charge is 0.461 e. The Balaban J connectivity index is 2.64. The Morgan fingerprint density at radius 1 is 1.28 bits per heavy atom. The minimum absolute atomic E-state index is 0.292. The van der Waals surface area contributed by atoms with Gasteiger partial charge in [0, 0.05) is 5.56 Å². The van der Waals surface area contributed by atoms with E-state index in [1.54, 1.807) is 44.2 Å². The number of carbonyl (C=O) groups excluding carboxylic acids is 2. The fourth-order valence-corrected chi connectivity index (χ4v) is 1.32. The molecule has 0 bridgehead atoms. The summed E-state index contributed by atoms with van der Waals surface area (Å²) in [4.78, 5) is 23.3. The van der Waals surface area contributed by atoms with Crippen molar-refractivity contribution in [1.29, 1.82) is 0 Å². The van der Waals surface area contributed by atoms with Crippen LogP contribution in [-0.2, 0) is 9.53 Å². The molecule has 0 saturated heterocycles. The quantitative estimate of drug-likeness (QED) is 0.756. The summed E-state index contributed by atoms with van der Waals surface area (Å²) in [5.41, 5.74) is 0.424. The van der Waals surface area contributed by atoms with Crippen LogP contribution in [0.1, 0.15) is 24.2 Å². The van der Waals surface area contributed by atoms with Crippen LogP contribution in [0.5, 0.6) is 0 Å². The second-order valence-electron chi connectivity index (χ2n) is 4.06. The van der Waals surface area contributed by atoms with Crippen LogP contribution in [0.3, 0.4) is 0 Å². The lowest BCUT2D eigenvalue weighted by atomic mass is 10.2. The van der Waals surface area contributed by atoms with Crippen molar-refractivity contribution in [1.82, 2.24) is 5.32 Å². The average molecular weight is 251 g/mol. The fraction of sp³-hybridized carbons (Fsp3) is 0.385. The van der Waals surface area contributed by atoms with Gasteiger partial charge in [0.05, 0.1) is 12.7 Å². The van der Waals surface area contributed by atoms with Crippen molar-refractivity contribution in [3.8, 4) is 0 Å². The zero-order valence-corrected chi connectivity index (χ0v) is 10.4. The van der Waals surface area contributed by atoms with E-state index in [0.717, 1.165) is 0 Å². The molecule has 5 heteroatoms. The molecule has 5 nitrogen and oxygen atoms in total. The van der Waals surface area contributed by atoms with E-state index >= 15 is 0 Å². The van der Waals surface area contributed by atoms with Crippen molar-refractivity contribution < 1.29 is 19.4 Å². The molecule has 0 aliphatic rings. The van der Waals surface area contributed by atoms with E-state index < -0.39 is 24.5 Å². The highest BCUT2D eigenvalue weighted by Gasteiger charge is 2.22. The Morgan fingerprint density at radius 2 is 1.89 bits per heavy atom. The number of hydrogen-bond donors (Lipinski definition) is 2. The lowest BCUT2D eigenvalue weighted by Crippen LogP contribution is -2.45. The highest BCUT2D eigenvalue weighted by Crippen LogP contribution is 2.00. The highest BCUT2D eigenvalue weighted by atomic mass is 16.5. The van der Waals surface area contributed by atoms with E-state index in [2.05, 4.69) is 5.32 Å². The van der Waals surface area contributed by atoms with Gasteiger partial charge < -0.3 is 15.2 Å². The number of amides is 1. The Morgan fingerprint density at radius 3 is 2.39 bits per heavy atom. The van der Waals surface area contributed by atoms with Gasteiger partial charge in [-0.3, -0.25) is 4.79 Å². The van der Waals surface area contributed by atoms with Gasteiger partial charge in [0.2, 0.25) is 0 Å². The maximum atomic E-state index is 11.8. The lowest BCUT2D eigenvalue weighted by Gasteiger charge is -2.17. The molecule has 0 spiro atoms. The molecule has 0 fully saturated rings. The minimum Gasteiger partial charge on any atom is -0.461 e. The molecule has 98 valence electrons. The maximum absolute atomic E-state index is 11.8. The molecule has 0 aromatic heterocycles. The summed E-state index contributed by atoms with van der Waals surface area (Å²) in [6, 6.07) is 7.42. The monoisotopic (exact) mass is 251 g/mol. The van der Waals surface area contributed by atoms with E-state index in [-0.39, 0.29) is 6.10 Å². The number of esters is 1.